The average molecular weight is 503 g/mol. The summed E-state index contributed by atoms with van der Waals surface area (Å²) in [6.45, 7) is 13.0. The zero-order valence-electron chi connectivity index (χ0n) is 17.5. The number of nitrogens with two attached hydrogens (primary N) is 1. The van der Waals surface area contributed by atoms with Crippen LogP contribution in [0.3, 0.4) is 0 Å². The van der Waals surface area contributed by atoms with Crippen LogP contribution in [-0.2, 0) is 4.74 Å². The second-order valence-electron chi connectivity index (χ2n) is 7.12. The third kappa shape index (κ3) is 9.93. The van der Waals surface area contributed by atoms with Crippen LogP contribution in [0.5, 0.6) is 0 Å². The van der Waals surface area contributed by atoms with Crippen molar-refractivity contribution in [2.75, 3.05) is 63.9 Å². The summed E-state index contributed by atoms with van der Waals surface area (Å²) in [7, 11) is 0. The van der Waals surface area contributed by atoms with E-state index in [1.165, 1.54) is 17.7 Å². The summed E-state index contributed by atoms with van der Waals surface area (Å²) in [6, 6.07) is 8.81. The molecule has 1 heterocycles. The summed E-state index contributed by atoms with van der Waals surface area (Å²) in [5.41, 5.74) is 8.57. The Morgan fingerprint density at radius 1 is 1.18 bits per heavy atom. The second-order valence-corrected chi connectivity index (χ2v) is 7.12. The number of rotatable bonds is 11. The monoisotopic (exact) mass is 503 g/mol. The van der Waals surface area contributed by atoms with Crippen LogP contribution in [-0.4, -0.2) is 69.9 Å². The van der Waals surface area contributed by atoms with E-state index >= 15 is 0 Å². The molecule has 28 heavy (non-hydrogen) atoms. The molecule has 0 amide bonds. The van der Waals surface area contributed by atoms with E-state index in [9.17, 15) is 0 Å². The zero-order valence-corrected chi connectivity index (χ0v) is 19.9. The van der Waals surface area contributed by atoms with Gasteiger partial charge < -0.3 is 20.7 Å². The molecule has 6 nitrogen and oxygen atoms in total. The van der Waals surface area contributed by atoms with E-state index in [1.54, 1.807) is 0 Å². The molecule has 1 aliphatic rings. The SMILES string of the molecule is CCOCCCN=C(N)NCCCCN1CCN(c2cccc(C)c2)CC1.I. The van der Waals surface area contributed by atoms with Gasteiger partial charge in [-0.25, -0.2) is 0 Å². The van der Waals surface area contributed by atoms with Gasteiger partial charge in [0.15, 0.2) is 5.96 Å². The van der Waals surface area contributed by atoms with E-state index < -0.39 is 0 Å². The molecule has 0 bridgehead atoms. The third-order valence-corrected chi connectivity index (χ3v) is 4.88. The van der Waals surface area contributed by atoms with Crippen molar-refractivity contribution in [1.82, 2.24) is 10.2 Å². The van der Waals surface area contributed by atoms with Crippen LogP contribution in [0.2, 0.25) is 0 Å². The van der Waals surface area contributed by atoms with E-state index in [2.05, 4.69) is 51.3 Å². The molecule has 0 radical (unpaired) electrons. The fourth-order valence-corrected chi connectivity index (χ4v) is 3.30. The molecule has 2 rings (SSSR count). The minimum Gasteiger partial charge on any atom is -0.382 e. The fourth-order valence-electron chi connectivity index (χ4n) is 3.30. The second kappa shape index (κ2) is 14.9. The lowest BCUT2D eigenvalue weighted by atomic mass is 10.2. The highest BCUT2D eigenvalue weighted by Gasteiger charge is 2.16. The number of aliphatic imine (C=N–C) groups is 1. The maximum absolute atomic E-state index is 5.88. The first-order chi connectivity index (χ1) is 13.2. The highest BCUT2D eigenvalue weighted by Crippen LogP contribution is 2.17. The zero-order chi connectivity index (χ0) is 19.3. The van der Waals surface area contributed by atoms with Crippen molar-refractivity contribution in [1.29, 1.82) is 0 Å². The smallest absolute Gasteiger partial charge is 0.188 e. The van der Waals surface area contributed by atoms with Crippen molar-refractivity contribution in [3.05, 3.63) is 29.8 Å². The van der Waals surface area contributed by atoms with E-state index in [1.807, 2.05) is 6.92 Å². The summed E-state index contributed by atoms with van der Waals surface area (Å²) >= 11 is 0. The van der Waals surface area contributed by atoms with Crippen LogP contribution in [0.25, 0.3) is 0 Å². The number of unbranched alkanes of at least 4 members (excludes halogenated alkanes) is 1. The van der Waals surface area contributed by atoms with Crippen molar-refractivity contribution in [3.8, 4) is 0 Å². The molecular weight excluding hydrogens is 465 g/mol. The van der Waals surface area contributed by atoms with Crippen LogP contribution >= 0.6 is 24.0 Å². The Kier molecular flexibility index (Phi) is 13.3. The first-order valence-corrected chi connectivity index (χ1v) is 10.3. The summed E-state index contributed by atoms with van der Waals surface area (Å²) in [6.07, 6.45) is 3.23. The molecular formula is C21H38IN5O. The molecule has 160 valence electrons. The number of guanidine groups is 1. The van der Waals surface area contributed by atoms with E-state index in [0.717, 1.165) is 71.9 Å². The molecule has 0 saturated carbocycles. The van der Waals surface area contributed by atoms with Gasteiger partial charge in [-0.2, -0.15) is 0 Å². The summed E-state index contributed by atoms with van der Waals surface area (Å²) in [5.74, 6) is 0.554. The van der Waals surface area contributed by atoms with E-state index in [4.69, 9.17) is 10.5 Å². The highest BCUT2D eigenvalue weighted by atomic mass is 127. The van der Waals surface area contributed by atoms with Crippen molar-refractivity contribution >= 4 is 35.6 Å². The molecule has 0 aliphatic carbocycles. The molecule has 1 aliphatic heterocycles. The molecule has 3 N–H and O–H groups in total. The van der Waals surface area contributed by atoms with Crippen LogP contribution < -0.4 is 16.0 Å². The molecule has 1 aromatic rings. The number of nitrogens with one attached hydrogen (secondary N) is 1. The number of hydrogen-bond donors (Lipinski definition) is 2. The van der Waals surface area contributed by atoms with Gasteiger partial charge >= 0.3 is 0 Å². The number of nitrogens with zero attached hydrogens (tertiary/aromatic N) is 3. The summed E-state index contributed by atoms with van der Waals surface area (Å²) in [4.78, 5) is 9.37. The van der Waals surface area contributed by atoms with Gasteiger partial charge in [0, 0.05) is 58.2 Å². The molecule has 1 fully saturated rings. The molecule has 0 spiro atoms. The maximum Gasteiger partial charge on any atom is 0.188 e. The average Bonchev–Trinajstić information content (AvgIpc) is 2.68. The topological polar surface area (TPSA) is 66.1 Å². The van der Waals surface area contributed by atoms with Crippen LogP contribution in [0, 0.1) is 6.92 Å². The van der Waals surface area contributed by atoms with Gasteiger partial charge in [-0.05, 0) is 57.4 Å². The van der Waals surface area contributed by atoms with Gasteiger partial charge in [-0.3, -0.25) is 9.89 Å². The number of anilines is 1. The molecule has 1 saturated heterocycles. The lowest BCUT2D eigenvalue weighted by Gasteiger charge is -2.36. The summed E-state index contributed by atoms with van der Waals surface area (Å²) < 4.78 is 5.28. The van der Waals surface area contributed by atoms with Crippen molar-refractivity contribution in [2.45, 2.75) is 33.1 Å². The third-order valence-electron chi connectivity index (χ3n) is 4.88. The van der Waals surface area contributed by atoms with Crippen LogP contribution in [0.4, 0.5) is 5.69 Å². The van der Waals surface area contributed by atoms with Gasteiger partial charge in [0.25, 0.3) is 0 Å². The molecule has 0 unspecified atom stereocenters. The van der Waals surface area contributed by atoms with Gasteiger partial charge in [-0.1, -0.05) is 12.1 Å². The van der Waals surface area contributed by atoms with Crippen molar-refractivity contribution < 1.29 is 4.74 Å². The van der Waals surface area contributed by atoms with Crippen molar-refractivity contribution in [3.63, 3.8) is 0 Å². The normalized spacial score (nSPS) is 15.4. The predicted molar refractivity (Wildman–Crippen MR) is 130 cm³/mol. The van der Waals surface area contributed by atoms with E-state index in [0.29, 0.717) is 5.96 Å². The Morgan fingerprint density at radius 2 is 1.96 bits per heavy atom. The Morgan fingerprint density at radius 3 is 2.68 bits per heavy atom. The molecule has 0 atom stereocenters. The fraction of sp³-hybridized carbons (Fsp3) is 0.667. The van der Waals surface area contributed by atoms with E-state index in [-0.39, 0.29) is 24.0 Å². The highest BCUT2D eigenvalue weighted by molar-refractivity contribution is 14.0. The molecule has 1 aromatic carbocycles. The first-order valence-electron chi connectivity index (χ1n) is 10.3. The number of benzene rings is 1. The number of halogens is 1. The lowest BCUT2D eigenvalue weighted by Crippen LogP contribution is -2.46. The minimum absolute atomic E-state index is 0. The van der Waals surface area contributed by atoms with Crippen LogP contribution in [0.15, 0.2) is 29.3 Å². The Bertz CT molecular complexity index is 561. The van der Waals surface area contributed by atoms with Gasteiger partial charge in [0.2, 0.25) is 0 Å². The lowest BCUT2D eigenvalue weighted by molar-refractivity contribution is 0.146. The standard InChI is InChI=1S/C21H37N5O.HI/c1-3-27-17-7-11-24-21(22)23-10-4-5-12-25-13-15-26(16-14-25)20-9-6-8-19(2)18-20;/h6,8-9,18H,3-5,7,10-17H2,1-2H3,(H3,22,23,24);1H. The Balaban J connectivity index is 0.00000392. The summed E-state index contributed by atoms with van der Waals surface area (Å²) in [5, 5.41) is 3.21. The minimum atomic E-state index is 0. The Labute approximate surface area is 187 Å². The Hall–Kier alpha value is -1.06. The predicted octanol–water partition coefficient (Wildman–Crippen LogP) is 2.85. The number of ether oxygens (including phenoxy) is 1. The number of piperazine rings is 1. The molecule has 7 heteroatoms. The molecule has 0 aromatic heterocycles. The van der Waals surface area contributed by atoms with Gasteiger partial charge in [-0.15, -0.1) is 24.0 Å². The van der Waals surface area contributed by atoms with Gasteiger partial charge in [0.1, 0.15) is 0 Å². The first kappa shape index (κ1) is 25.0. The van der Waals surface area contributed by atoms with Crippen molar-refractivity contribution in [2.24, 2.45) is 10.7 Å². The number of aryl methyl sites for hydroxylation is 1. The maximum atomic E-state index is 5.88. The van der Waals surface area contributed by atoms with Crippen LogP contribution in [0.1, 0.15) is 31.7 Å². The van der Waals surface area contributed by atoms with Gasteiger partial charge in [0.05, 0.1) is 0 Å². The quantitative estimate of drug-likeness (QED) is 0.211. The largest absolute Gasteiger partial charge is 0.382 e. The number of hydrogen-bond acceptors (Lipinski definition) is 4.